The predicted molar refractivity (Wildman–Crippen MR) is 135 cm³/mol. The summed E-state index contributed by atoms with van der Waals surface area (Å²) in [6.45, 7) is 0.282. The van der Waals surface area contributed by atoms with E-state index in [0.29, 0.717) is 28.4 Å². The molecule has 0 atom stereocenters. The zero-order valence-electron chi connectivity index (χ0n) is 18.6. The maximum atomic E-state index is 13.8. The number of carbonyl (C=O) groups is 1. The summed E-state index contributed by atoms with van der Waals surface area (Å²) in [5.41, 5.74) is 1.83. The van der Waals surface area contributed by atoms with Crippen LogP contribution in [0.1, 0.15) is 16.7 Å². The Balaban J connectivity index is 1.67. The number of nitrogens with zero attached hydrogens (tertiary/aromatic N) is 1. The van der Waals surface area contributed by atoms with Crippen molar-refractivity contribution in [3.05, 3.63) is 92.3 Å². The van der Waals surface area contributed by atoms with E-state index in [-0.39, 0.29) is 24.5 Å². The molecule has 0 radical (unpaired) electrons. The monoisotopic (exact) mass is 572 g/mol. The summed E-state index contributed by atoms with van der Waals surface area (Å²) >= 11 is 2.10. The van der Waals surface area contributed by atoms with Gasteiger partial charge >= 0.3 is 0 Å². The van der Waals surface area contributed by atoms with Crippen molar-refractivity contribution in [2.75, 3.05) is 14.2 Å². The molecule has 0 aliphatic rings. The highest BCUT2D eigenvalue weighted by Crippen LogP contribution is 2.26. The molecule has 0 aromatic heterocycles. The van der Waals surface area contributed by atoms with Crippen molar-refractivity contribution >= 4 is 34.6 Å². The van der Waals surface area contributed by atoms with E-state index in [1.807, 2.05) is 6.07 Å². The summed E-state index contributed by atoms with van der Waals surface area (Å²) in [6, 6.07) is 18.9. The van der Waals surface area contributed by atoms with E-state index in [4.69, 9.17) is 14.2 Å². The minimum Gasteiger partial charge on any atom is -0.497 e. The molecule has 0 aliphatic heterocycles. The number of ether oxygens (including phenoxy) is 3. The number of rotatable bonds is 9. The minimum atomic E-state index is -0.504. The molecule has 0 unspecified atom stereocenters. The highest BCUT2D eigenvalue weighted by Gasteiger charge is 2.12. The molecule has 0 heterocycles. The van der Waals surface area contributed by atoms with E-state index in [0.717, 1.165) is 9.13 Å². The van der Waals surface area contributed by atoms with Gasteiger partial charge in [-0.1, -0.05) is 24.3 Å². The second-order valence-corrected chi connectivity index (χ2v) is 8.26. The molecule has 0 saturated heterocycles. The van der Waals surface area contributed by atoms with Gasteiger partial charge in [0.1, 0.15) is 41.3 Å². The first kappa shape index (κ1) is 25.1. The molecular weight excluding hydrogens is 550 g/mol. The maximum Gasteiger partial charge on any atom is 0.262 e. The SMILES string of the molecule is COc1ccc(CNC(=O)/C(C#N)=C/c2ccc(OCc3ccccc3F)c(I)c2)c(OC)c1. The van der Waals surface area contributed by atoms with Gasteiger partial charge in [0.15, 0.2) is 0 Å². The third-order valence-corrected chi connectivity index (χ3v) is 5.75. The first-order chi connectivity index (χ1) is 16.4. The molecular formula is C26H22FIN2O4. The lowest BCUT2D eigenvalue weighted by Crippen LogP contribution is -2.24. The van der Waals surface area contributed by atoms with Crippen molar-refractivity contribution < 1.29 is 23.4 Å². The van der Waals surface area contributed by atoms with Crippen LogP contribution < -0.4 is 19.5 Å². The Labute approximate surface area is 211 Å². The molecule has 8 heteroatoms. The quantitative estimate of drug-likeness (QED) is 0.215. The van der Waals surface area contributed by atoms with Crippen LogP contribution in [0.4, 0.5) is 4.39 Å². The van der Waals surface area contributed by atoms with E-state index in [9.17, 15) is 14.4 Å². The smallest absolute Gasteiger partial charge is 0.262 e. The van der Waals surface area contributed by atoms with Gasteiger partial charge in [-0.05, 0) is 64.6 Å². The fourth-order valence-electron chi connectivity index (χ4n) is 3.08. The first-order valence-corrected chi connectivity index (χ1v) is 11.3. The van der Waals surface area contributed by atoms with E-state index in [1.165, 1.54) is 19.3 Å². The van der Waals surface area contributed by atoms with Crippen molar-refractivity contribution in [3.8, 4) is 23.3 Å². The Hall–Kier alpha value is -3.58. The number of hydrogen-bond acceptors (Lipinski definition) is 5. The van der Waals surface area contributed by atoms with Gasteiger partial charge in [0.25, 0.3) is 5.91 Å². The molecule has 174 valence electrons. The number of benzene rings is 3. The Morgan fingerprint density at radius 2 is 1.85 bits per heavy atom. The molecule has 34 heavy (non-hydrogen) atoms. The normalized spacial score (nSPS) is 10.9. The summed E-state index contributed by atoms with van der Waals surface area (Å²) in [5, 5.41) is 12.2. The molecule has 1 N–H and O–H groups in total. The summed E-state index contributed by atoms with van der Waals surface area (Å²) in [5.74, 6) is 0.961. The highest BCUT2D eigenvalue weighted by atomic mass is 127. The number of amides is 1. The molecule has 6 nitrogen and oxygen atoms in total. The van der Waals surface area contributed by atoms with Crippen LogP contribution in [-0.2, 0) is 17.9 Å². The number of halogens is 2. The molecule has 1 amide bonds. The summed E-state index contributed by atoms with van der Waals surface area (Å²) < 4.78 is 30.8. The lowest BCUT2D eigenvalue weighted by atomic mass is 10.1. The number of hydrogen-bond donors (Lipinski definition) is 1. The van der Waals surface area contributed by atoms with Crippen LogP contribution in [0.3, 0.4) is 0 Å². The number of methoxy groups -OCH3 is 2. The van der Waals surface area contributed by atoms with Gasteiger partial charge in [-0.2, -0.15) is 5.26 Å². The summed E-state index contributed by atoms with van der Waals surface area (Å²) in [4.78, 5) is 12.6. The molecule has 3 rings (SSSR count). The van der Waals surface area contributed by atoms with Gasteiger partial charge in [0, 0.05) is 23.7 Å². The van der Waals surface area contributed by atoms with Crippen molar-refractivity contribution in [2.45, 2.75) is 13.2 Å². The molecule has 0 fully saturated rings. The number of nitriles is 1. The summed E-state index contributed by atoms with van der Waals surface area (Å²) in [7, 11) is 3.09. The van der Waals surface area contributed by atoms with Crippen LogP contribution in [0, 0.1) is 20.7 Å². The van der Waals surface area contributed by atoms with Crippen LogP contribution in [0.2, 0.25) is 0 Å². The molecule has 0 bridgehead atoms. The molecule has 0 saturated carbocycles. The van der Waals surface area contributed by atoms with Gasteiger partial charge in [0.2, 0.25) is 0 Å². The fraction of sp³-hybridized carbons (Fsp3) is 0.154. The lowest BCUT2D eigenvalue weighted by Gasteiger charge is -2.11. The number of carbonyl (C=O) groups excluding carboxylic acids is 1. The zero-order valence-corrected chi connectivity index (χ0v) is 20.8. The second-order valence-electron chi connectivity index (χ2n) is 7.10. The average molecular weight is 572 g/mol. The predicted octanol–water partition coefficient (Wildman–Crippen LogP) is 5.25. The van der Waals surface area contributed by atoms with Crippen molar-refractivity contribution in [3.63, 3.8) is 0 Å². The number of nitrogens with one attached hydrogen (secondary N) is 1. The lowest BCUT2D eigenvalue weighted by molar-refractivity contribution is -0.117. The molecule has 3 aromatic rings. The van der Waals surface area contributed by atoms with Gasteiger partial charge in [-0.15, -0.1) is 0 Å². The Morgan fingerprint density at radius 3 is 2.53 bits per heavy atom. The van der Waals surface area contributed by atoms with Crippen LogP contribution in [-0.4, -0.2) is 20.1 Å². The third kappa shape index (κ3) is 6.48. The maximum absolute atomic E-state index is 13.8. The Kier molecular flexibility index (Phi) is 8.87. The second kappa shape index (κ2) is 12.0. The minimum absolute atomic E-state index is 0.0386. The zero-order chi connectivity index (χ0) is 24.5. The topological polar surface area (TPSA) is 80.6 Å². The van der Waals surface area contributed by atoms with E-state index < -0.39 is 5.91 Å². The van der Waals surface area contributed by atoms with E-state index >= 15 is 0 Å². The van der Waals surface area contributed by atoms with Gasteiger partial charge in [0.05, 0.1) is 17.8 Å². The van der Waals surface area contributed by atoms with Gasteiger partial charge in [-0.3, -0.25) is 4.79 Å². The van der Waals surface area contributed by atoms with Crippen molar-refractivity contribution in [1.82, 2.24) is 5.32 Å². The third-order valence-electron chi connectivity index (χ3n) is 4.91. The Bertz CT molecular complexity index is 1250. The molecule has 0 aliphatic carbocycles. The molecule has 0 spiro atoms. The average Bonchev–Trinajstić information content (AvgIpc) is 2.86. The van der Waals surface area contributed by atoms with Crippen LogP contribution in [0.15, 0.2) is 66.2 Å². The van der Waals surface area contributed by atoms with Crippen LogP contribution in [0.5, 0.6) is 17.2 Å². The first-order valence-electron chi connectivity index (χ1n) is 10.2. The van der Waals surface area contributed by atoms with Crippen LogP contribution in [0.25, 0.3) is 6.08 Å². The van der Waals surface area contributed by atoms with Gasteiger partial charge < -0.3 is 19.5 Å². The Morgan fingerprint density at radius 1 is 1.06 bits per heavy atom. The fourth-order valence-corrected chi connectivity index (χ4v) is 3.77. The van der Waals surface area contributed by atoms with Crippen molar-refractivity contribution in [2.24, 2.45) is 0 Å². The van der Waals surface area contributed by atoms with E-state index in [1.54, 1.807) is 61.7 Å². The van der Waals surface area contributed by atoms with Crippen LogP contribution >= 0.6 is 22.6 Å². The highest BCUT2D eigenvalue weighted by molar-refractivity contribution is 14.1. The van der Waals surface area contributed by atoms with Crippen molar-refractivity contribution in [1.29, 1.82) is 5.26 Å². The standard InChI is InChI=1S/C26H22FIN2O4/c1-32-21-9-8-18(25(13-21)33-2)15-30-26(31)20(14-29)11-17-7-10-24(23(28)12-17)34-16-19-5-3-4-6-22(19)27/h3-13H,15-16H2,1-2H3,(H,30,31)/b20-11+. The van der Waals surface area contributed by atoms with E-state index in [2.05, 4.69) is 27.9 Å². The summed E-state index contributed by atoms with van der Waals surface area (Å²) in [6.07, 6.45) is 1.50. The molecule has 3 aromatic carbocycles. The largest absolute Gasteiger partial charge is 0.497 e. The van der Waals surface area contributed by atoms with Gasteiger partial charge in [-0.25, -0.2) is 4.39 Å².